The van der Waals surface area contributed by atoms with E-state index in [1.165, 1.54) is 0 Å². The quantitative estimate of drug-likeness (QED) is 0.540. The third-order valence-corrected chi connectivity index (χ3v) is 4.13. The molecule has 0 atom stereocenters. The topological polar surface area (TPSA) is 68.5 Å². The van der Waals surface area contributed by atoms with E-state index in [0.29, 0.717) is 17.9 Å². The highest BCUT2D eigenvalue weighted by Gasteiger charge is 2.07. The van der Waals surface area contributed by atoms with Crippen LogP contribution in [-0.4, -0.2) is 29.0 Å². The Morgan fingerprint density at radius 3 is 2.74 bits per heavy atom. The van der Waals surface area contributed by atoms with Crippen LogP contribution in [0.2, 0.25) is 0 Å². The van der Waals surface area contributed by atoms with Gasteiger partial charge < -0.3 is 4.74 Å². The van der Waals surface area contributed by atoms with Gasteiger partial charge in [0.15, 0.2) is 0 Å². The number of para-hydroxylation sites is 1. The molecule has 0 bridgehead atoms. The fraction of sp³-hybridized carbons (Fsp3) is 0.190. The Morgan fingerprint density at radius 2 is 2.00 bits per heavy atom. The minimum Gasteiger partial charge on any atom is -0.496 e. The maximum absolute atomic E-state index is 12.4. The van der Waals surface area contributed by atoms with Crippen molar-refractivity contribution in [3.05, 3.63) is 82.7 Å². The van der Waals surface area contributed by atoms with Gasteiger partial charge in [0.2, 0.25) is 0 Å². The molecule has 1 N–H and O–H groups in total. The van der Waals surface area contributed by atoms with E-state index >= 15 is 0 Å². The summed E-state index contributed by atoms with van der Waals surface area (Å²) in [6, 6.07) is 16.9. The number of aromatic nitrogens is 2. The Bertz CT molecular complexity index is 976. The average molecular weight is 362 g/mol. The largest absolute Gasteiger partial charge is 0.496 e. The molecule has 1 amide bonds. The molecule has 0 radical (unpaired) electrons. The minimum absolute atomic E-state index is 0.267. The van der Waals surface area contributed by atoms with Crippen molar-refractivity contribution in [2.45, 2.75) is 20.4 Å². The zero-order valence-corrected chi connectivity index (χ0v) is 15.6. The first-order chi connectivity index (χ1) is 13.1. The molecule has 6 nitrogen and oxygen atoms in total. The molecule has 3 aromatic rings. The van der Waals surface area contributed by atoms with Gasteiger partial charge in [0.25, 0.3) is 5.91 Å². The molecule has 0 saturated carbocycles. The van der Waals surface area contributed by atoms with Gasteiger partial charge in [0, 0.05) is 16.8 Å². The molecule has 0 unspecified atom stereocenters. The zero-order chi connectivity index (χ0) is 19.2. The van der Waals surface area contributed by atoms with Crippen LogP contribution in [0.3, 0.4) is 0 Å². The van der Waals surface area contributed by atoms with Crippen molar-refractivity contribution in [3.63, 3.8) is 0 Å². The number of benzene rings is 2. The van der Waals surface area contributed by atoms with Gasteiger partial charge in [-0.1, -0.05) is 24.3 Å². The predicted octanol–water partition coefficient (Wildman–Crippen LogP) is 3.32. The molecular weight excluding hydrogens is 340 g/mol. The molecule has 0 spiro atoms. The van der Waals surface area contributed by atoms with Crippen LogP contribution in [0.15, 0.2) is 59.7 Å². The molecule has 0 aliphatic rings. The molecule has 1 aromatic heterocycles. The lowest BCUT2D eigenvalue weighted by Crippen LogP contribution is -2.18. The van der Waals surface area contributed by atoms with Crippen LogP contribution in [-0.2, 0) is 6.54 Å². The maximum Gasteiger partial charge on any atom is 0.271 e. The molecular formula is C21H22N4O2. The van der Waals surface area contributed by atoms with E-state index in [2.05, 4.69) is 15.6 Å². The normalized spacial score (nSPS) is 10.9. The van der Waals surface area contributed by atoms with E-state index in [0.717, 1.165) is 22.5 Å². The molecule has 138 valence electrons. The van der Waals surface area contributed by atoms with Gasteiger partial charge in [-0.05, 0) is 49.7 Å². The number of amides is 1. The number of ether oxygens (including phenoxy) is 1. The van der Waals surface area contributed by atoms with Crippen LogP contribution in [0.25, 0.3) is 0 Å². The molecule has 0 aliphatic carbocycles. The van der Waals surface area contributed by atoms with Gasteiger partial charge >= 0.3 is 0 Å². The number of methoxy groups -OCH3 is 1. The van der Waals surface area contributed by atoms with Gasteiger partial charge in [-0.25, -0.2) is 5.43 Å². The van der Waals surface area contributed by atoms with Gasteiger partial charge in [-0.15, -0.1) is 0 Å². The summed E-state index contributed by atoms with van der Waals surface area (Å²) in [6.07, 6.45) is 1.57. The Morgan fingerprint density at radius 1 is 1.19 bits per heavy atom. The molecule has 0 aliphatic heterocycles. The molecule has 0 saturated heterocycles. The van der Waals surface area contributed by atoms with Gasteiger partial charge in [-0.2, -0.15) is 10.2 Å². The fourth-order valence-electron chi connectivity index (χ4n) is 2.82. The van der Waals surface area contributed by atoms with E-state index < -0.39 is 0 Å². The summed E-state index contributed by atoms with van der Waals surface area (Å²) in [4.78, 5) is 12.4. The van der Waals surface area contributed by atoms with Crippen LogP contribution in [0.1, 0.15) is 32.9 Å². The van der Waals surface area contributed by atoms with Crippen molar-refractivity contribution in [3.8, 4) is 5.75 Å². The van der Waals surface area contributed by atoms with Crippen molar-refractivity contribution >= 4 is 12.1 Å². The zero-order valence-electron chi connectivity index (χ0n) is 15.6. The van der Waals surface area contributed by atoms with E-state index in [4.69, 9.17) is 4.74 Å². The van der Waals surface area contributed by atoms with Crippen LogP contribution in [0.5, 0.6) is 5.75 Å². The highest BCUT2D eigenvalue weighted by Crippen LogP contribution is 2.14. The maximum atomic E-state index is 12.4. The Hall–Kier alpha value is -3.41. The van der Waals surface area contributed by atoms with Crippen LogP contribution >= 0.6 is 0 Å². The van der Waals surface area contributed by atoms with E-state index in [1.807, 2.05) is 67.1 Å². The summed E-state index contributed by atoms with van der Waals surface area (Å²) in [5, 5.41) is 8.50. The summed E-state index contributed by atoms with van der Waals surface area (Å²) in [7, 11) is 1.60. The van der Waals surface area contributed by atoms with E-state index in [9.17, 15) is 4.79 Å². The minimum atomic E-state index is -0.267. The van der Waals surface area contributed by atoms with Crippen molar-refractivity contribution < 1.29 is 9.53 Å². The molecule has 0 fully saturated rings. The van der Waals surface area contributed by atoms with Crippen molar-refractivity contribution in [2.75, 3.05) is 7.11 Å². The second kappa shape index (κ2) is 8.31. The lowest BCUT2D eigenvalue weighted by molar-refractivity contribution is 0.0955. The van der Waals surface area contributed by atoms with E-state index in [-0.39, 0.29) is 5.91 Å². The monoisotopic (exact) mass is 362 g/mol. The third-order valence-electron chi connectivity index (χ3n) is 4.13. The van der Waals surface area contributed by atoms with Crippen LogP contribution < -0.4 is 10.2 Å². The molecule has 3 rings (SSSR count). The van der Waals surface area contributed by atoms with Crippen molar-refractivity contribution in [1.82, 2.24) is 15.2 Å². The number of hydrogen-bond donors (Lipinski definition) is 1. The number of carbonyl (C=O) groups is 1. The lowest BCUT2D eigenvalue weighted by Gasteiger charge is -2.07. The number of hydrazone groups is 1. The van der Waals surface area contributed by atoms with Crippen molar-refractivity contribution in [1.29, 1.82) is 0 Å². The van der Waals surface area contributed by atoms with Crippen molar-refractivity contribution in [2.24, 2.45) is 5.10 Å². The first-order valence-electron chi connectivity index (χ1n) is 8.63. The number of nitrogens with zero attached hydrogens (tertiary/aromatic N) is 3. The predicted molar refractivity (Wildman–Crippen MR) is 105 cm³/mol. The molecule has 6 heteroatoms. The molecule has 27 heavy (non-hydrogen) atoms. The van der Waals surface area contributed by atoms with E-state index in [1.54, 1.807) is 19.4 Å². The second-order valence-corrected chi connectivity index (χ2v) is 6.23. The number of nitrogens with one attached hydrogen (secondary N) is 1. The van der Waals surface area contributed by atoms with Gasteiger partial charge in [0.05, 0.1) is 25.6 Å². The smallest absolute Gasteiger partial charge is 0.271 e. The van der Waals surface area contributed by atoms with Gasteiger partial charge in [0.1, 0.15) is 5.75 Å². The average Bonchev–Trinajstić information content (AvgIpc) is 2.99. The Kier molecular flexibility index (Phi) is 5.66. The summed E-state index contributed by atoms with van der Waals surface area (Å²) < 4.78 is 7.18. The summed E-state index contributed by atoms with van der Waals surface area (Å²) in [5.74, 6) is 0.429. The summed E-state index contributed by atoms with van der Waals surface area (Å²) in [5.41, 5.74) is 6.96. The summed E-state index contributed by atoms with van der Waals surface area (Å²) in [6.45, 7) is 4.60. The highest BCUT2D eigenvalue weighted by atomic mass is 16.5. The molecule has 2 aromatic carbocycles. The number of hydrogen-bond acceptors (Lipinski definition) is 4. The third kappa shape index (κ3) is 4.61. The Balaban J connectivity index is 1.68. The fourth-order valence-corrected chi connectivity index (χ4v) is 2.82. The first kappa shape index (κ1) is 18.4. The highest BCUT2D eigenvalue weighted by molar-refractivity contribution is 5.95. The Labute approximate surface area is 158 Å². The second-order valence-electron chi connectivity index (χ2n) is 6.23. The number of carbonyl (C=O) groups excluding carboxylic acids is 1. The number of aryl methyl sites for hydroxylation is 2. The first-order valence-corrected chi connectivity index (χ1v) is 8.63. The standard InChI is InChI=1S/C21H22N4O2/c1-15-11-16(2)25(24-15)14-17-7-6-9-18(12-17)21(26)23-22-13-19-8-4-5-10-20(19)27-3/h4-13H,14H2,1-3H3,(H,23,26). The number of rotatable bonds is 6. The SMILES string of the molecule is COc1ccccc1C=NNC(=O)c1cccc(Cn2nc(C)cc2C)c1. The summed E-state index contributed by atoms with van der Waals surface area (Å²) >= 11 is 0. The van der Waals surface area contributed by atoms with Crippen LogP contribution in [0, 0.1) is 13.8 Å². The van der Waals surface area contributed by atoms with Gasteiger partial charge in [-0.3, -0.25) is 9.48 Å². The van der Waals surface area contributed by atoms with Crippen LogP contribution in [0.4, 0.5) is 0 Å². The molecule has 1 heterocycles. The lowest BCUT2D eigenvalue weighted by atomic mass is 10.1.